The summed E-state index contributed by atoms with van der Waals surface area (Å²) in [5.74, 6) is 0.0687. The van der Waals surface area contributed by atoms with Gasteiger partial charge in [0.1, 0.15) is 5.02 Å². The van der Waals surface area contributed by atoms with Crippen molar-refractivity contribution in [1.82, 2.24) is 9.97 Å². The van der Waals surface area contributed by atoms with E-state index in [1.807, 2.05) is 0 Å². The van der Waals surface area contributed by atoms with Crippen molar-refractivity contribution in [3.05, 3.63) is 35.0 Å². The first kappa shape index (κ1) is 17.6. The Morgan fingerprint density at radius 3 is 2.13 bits per heavy atom. The second-order valence-corrected chi connectivity index (χ2v) is 8.36. The van der Waals surface area contributed by atoms with Crippen LogP contribution in [0.4, 0.5) is 11.5 Å². The number of sulfone groups is 1. The maximum absolute atomic E-state index is 11.6. The molecule has 0 fully saturated rings. The molecular weight excluding hydrogens is 366 g/mol. The molecule has 11 heteroatoms. The minimum atomic E-state index is -4.29. The molecule has 0 amide bonds. The van der Waals surface area contributed by atoms with Gasteiger partial charge in [0.15, 0.2) is 5.82 Å². The molecule has 0 spiro atoms. The van der Waals surface area contributed by atoms with E-state index in [9.17, 15) is 16.8 Å². The molecule has 0 saturated heterocycles. The molecule has 124 valence electrons. The van der Waals surface area contributed by atoms with Crippen LogP contribution in [-0.4, -0.2) is 37.6 Å². The first-order chi connectivity index (χ1) is 10.5. The van der Waals surface area contributed by atoms with Crippen LogP contribution in [0.1, 0.15) is 5.69 Å². The Kier molecular flexibility index (Phi) is 4.62. The van der Waals surface area contributed by atoms with E-state index >= 15 is 0 Å². The van der Waals surface area contributed by atoms with E-state index < -0.39 is 20.0 Å². The molecule has 0 atom stereocenters. The quantitative estimate of drug-likeness (QED) is 0.610. The first-order valence-electron chi connectivity index (χ1n) is 6.07. The first-order valence-corrected chi connectivity index (χ1v) is 9.78. The van der Waals surface area contributed by atoms with Gasteiger partial charge in [-0.3, -0.25) is 4.55 Å². The lowest BCUT2D eigenvalue weighted by atomic mass is 10.3. The number of halogens is 1. The number of aromatic nitrogens is 2. The number of aryl methyl sites for hydroxylation is 1. The minimum Gasteiger partial charge on any atom is -0.339 e. The highest BCUT2D eigenvalue weighted by Crippen LogP contribution is 2.27. The lowest BCUT2D eigenvalue weighted by Gasteiger charge is -2.10. The molecule has 23 heavy (non-hydrogen) atoms. The molecule has 0 radical (unpaired) electrons. The second kappa shape index (κ2) is 6.04. The summed E-state index contributed by atoms with van der Waals surface area (Å²) < 4.78 is 54.0. The Hall–Kier alpha value is -1.75. The van der Waals surface area contributed by atoms with E-state index in [-0.39, 0.29) is 26.6 Å². The molecular formula is C12H12ClN3O5S2. The van der Waals surface area contributed by atoms with Gasteiger partial charge in [-0.05, 0) is 31.2 Å². The summed E-state index contributed by atoms with van der Waals surface area (Å²) in [6.07, 6.45) is 0.973. The van der Waals surface area contributed by atoms with Crippen LogP contribution in [0, 0.1) is 6.92 Å². The van der Waals surface area contributed by atoms with E-state index in [1.165, 1.54) is 31.2 Å². The molecule has 0 aliphatic heterocycles. The Morgan fingerprint density at radius 2 is 1.65 bits per heavy atom. The Morgan fingerprint density at radius 1 is 1.09 bits per heavy atom. The van der Waals surface area contributed by atoms with Crippen LogP contribution in [0.25, 0.3) is 0 Å². The Balaban J connectivity index is 2.42. The molecule has 0 saturated carbocycles. The number of nitrogens with zero attached hydrogens (tertiary/aromatic N) is 2. The van der Waals surface area contributed by atoms with E-state index in [0.717, 1.165) is 6.26 Å². The highest BCUT2D eigenvalue weighted by atomic mass is 35.5. The largest absolute Gasteiger partial charge is 0.339 e. The zero-order valence-electron chi connectivity index (χ0n) is 12.0. The monoisotopic (exact) mass is 377 g/mol. The Labute approximate surface area is 138 Å². The van der Waals surface area contributed by atoms with Crippen molar-refractivity contribution < 1.29 is 21.4 Å². The number of benzene rings is 1. The van der Waals surface area contributed by atoms with Crippen LogP contribution in [0.5, 0.6) is 0 Å². The molecule has 1 aromatic heterocycles. The average molecular weight is 378 g/mol. The predicted octanol–water partition coefficient (Wildman–Crippen LogP) is 1.83. The van der Waals surface area contributed by atoms with Crippen molar-refractivity contribution in [3.63, 3.8) is 0 Å². The predicted molar refractivity (Wildman–Crippen MR) is 84.4 cm³/mol. The van der Waals surface area contributed by atoms with Crippen molar-refractivity contribution in [2.24, 2.45) is 0 Å². The fraction of sp³-hybridized carbons (Fsp3) is 0.167. The molecule has 0 bridgehead atoms. The number of anilines is 2. The van der Waals surface area contributed by atoms with Gasteiger partial charge in [0, 0.05) is 11.9 Å². The van der Waals surface area contributed by atoms with Gasteiger partial charge in [-0.1, -0.05) is 11.6 Å². The van der Waals surface area contributed by atoms with Gasteiger partial charge in [-0.15, -0.1) is 0 Å². The standard InChI is InChI=1S/C12H12ClN3O5S2/c1-7-10(13)11(16-12(14-7)22(2,17)18)15-8-3-5-9(6-4-8)23(19,20)21/h3-6H,1-2H3,(H,14,15,16)(H,19,20,21). The average Bonchev–Trinajstić information content (AvgIpc) is 2.42. The van der Waals surface area contributed by atoms with E-state index in [1.54, 1.807) is 0 Å². The van der Waals surface area contributed by atoms with Crippen LogP contribution >= 0.6 is 11.6 Å². The van der Waals surface area contributed by atoms with Crippen LogP contribution < -0.4 is 5.32 Å². The van der Waals surface area contributed by atoms with Crippen LogP contribution in [0.2, 0.25) is 5.02 Å². The number of hydrogen-bond donors (Lipinski definition) is 2. The summed E-state index contributed by atoms with van der Waals surface area (Å²) in [7, 11) is -7.91. The maximum Gasteiger partial charge on any atom is 0.294 e. The third kappa shape index (κ3) is 4.16. The third-order valence-corrected chi connectivity index (χ3v) is 4.91. The van der Waals surface area contributed by atoms with Gasteiger partial charge in [-0.25, -0.2) is 13.4 Å². The van der Waals surface area contributed by atoms with Gasteiger partial charge in [-0.2, -0.15) is 13.4 Å². The van der Waals surface area contributed by atoms with Crippen molar-refractivity contribution in [2.45, 2.75) is 17.0 Å². The topological polar surface area (TPSA) is 126 Å². The molecule has 0 aliphatic carbocycles. The van der Waals surface area contributed by atoms with E-state index in [2.05, 4.69) is 15.3 Å². The fourth-order valence-corrected chi connectivity index (χ4v) is 2.80. The number of nitrogens with one attached hydrogen (secondary N) is 1. The summed E-state index contributed by atoms with van der Waals surface area (Å²) in [6, 6.07) is 5.10. The normalized spacial score (nSPS) is 12.2. The van der Waals surface area contributed by atoms with Crippen molar-refractivity contribution in [2.75, 3.05) is 11.6 Å². The maximum atomic E-state index is 11.6. The van der Waals surface area contributed by atoms with Crippen LogP contribution in [-0.2, 0) is 20.0 Å². The summed E-state index contributed by atoms with van der Waals surface area (Å²) in [5.41, 5.74) is 0.677. The molecule has 0 aliphatic rings. The molecule has 2 N–H and O–H groups in total. The number of rotatable bonds is 4. The summed E-state index contributed by atoms with van der Waals surface area (Å²) in [6.45, 7) is 1.53. The summed E-state index contributed by atoms with van der Waals surface area (Å²) in [4.78, 5) is 7.40. The van der Waals surface area contributed by atoms with E-state index in [4.69, 9.17) is 16.2 Å². The van der Waals surface area contributed by atoms with Crippen LogP contribution in [0.3, 0.4) is 0 Å². The lowest BCUT2D eigenvalue weighted by molar-refractivity contribution is 0.483. The third-order valence-electron chi connectivity index (χ3n) is 2.74. The molecule has 1 heterocycles. The zero-order chi connectivity index (χ0) is 17.4. The molecule has 1 aromatic carbocycles. The van der Waals surface area contributed by atoms with Gasteiger partial charge in [0.25, 0.3) is 10.1 Å². The molecule has 2 aromatic rings. The molecule has 8 nitrogen and oxygen atoms in total. The SMILES string of the molecule is Cc1nc(S(C)(=O)=O)nc(Nc2ccc(S(=O)(=O)O)cc2)c1Cl. The Bertz CT molecular complexity index is 957. The summed E-state index contributed by atoms with van der Waals surface area (Å²) in [5, 5.41) is 2.54. The highest BCUT2D eigenvalue weighted by molar-refractivity contribution is 7.90. The zero-order valence-corrected chi connectivity index (χ0v) is 14.4. The number of hydrogen-bond acceptors (Lipinski definition) is 7. The van der Waals surface area contributed by atoms with E-state index in [0.29, 0.717) is 5.69 Å². The fourth-order valence-electron chi connectivity index (χ4n) is 1.63. The highest BCUT2D eigenvalue weighted by Gasteiger charge is 2.17. The molecule has 2 rings (SSSR count). The van der Waals surface area contributed by atoms with Crippen molar-refractivity contribution in [1.29, 1.82) is 0 Å². The van der Waals surface area contributed by atoms with Crippen molar-refractivity contribution >= 4 is 43.1 Å². The van der Waals surface area contributed by atoms with Crippen LogP contribution in [0.15, 0.2) is 34.3 Å². The molecule has 0 unspecified atom stereocenters. The second-order valence-electron chi connectivity index (χ2n) is 4.65. The van der Waals surface area contributed by atoms with Gasteiger partial charge in [0.2, 0.25) is 15.0 Å². The lowest BCUT2D eigenvalue weighted by Crippen LogP contribution is -2.08. The van der Waals surface area contributed by atoms with Gasteiger partial charge in [0.05, 0.1) is 10.6 Å². The van der Waals surface area contributed by atoms with Crippen molar-refractivity contribution in [3.8, 4) is 0 Å². The van der Waals surface area contributed by atoms with Gasteiger partial charge < -0.3 is 5.32 Å². The minimum absolute atomic E-state index is 0.0687. The summed E-state index contributed by atoms with van der Waals surface area (Å²) >= 11 is 6.05. The smallest absolute Gasteiger partial charge is 0.294 e. The van der Waals surface area contributed by atoms with Gasteiger partial charge >= 0.3 is 0 Å².